The second-order valence-corrected chi connectivity index (χ2v) is 3.06. The first-order chi connectivity index (χ1) is 8.01. The molecule has 0 radical (unpaired) electrons. The number of carbonyl (C=O) groups excluding carboxylic acids is 3. The molecule has 0 rings (SSSR count). The fraction of sp³-hybridized carbons (Fsp3) is 0.500. The van der Waals surface area contributed by atoms with Crippen molar-refractivity contribution < 1.29 is 34.0 Å². The third kappa shape index (κ3) is 7.07. The smallest absolute Gasteiger partial charge is 0.378 e. The van der Waals surface area contributed by atoms with Crippen LogP contribution in [0.2, 0.25) is 0 Å². The number of aliphatic hydroxyl groups is 1. The molecule has 0 aliphatic heterocycles. The van der Waals surface area contributed by atoms with Crippen LogP contribution in [0.1, 0.15) is 13.3 Å². The van der Waals surface area contributed by atoms with E-state index >= 15 is 0 Å². The molecule has 0 aromatic carbocycles. The largest absolute Gasteiger partial charge is 0.463 e. The number of esters is 1. The molecule has 1 atom stereocenters. The second-order valence-electron chi connectivity index (χ2n) is 3.06. The highest BCUT2D eigenvalue weighted by molar-refractivity contribution is 5.82. The highest BCUT2D eigenvalue weighted by atomic mass is 17.2. The molecule has 1 unspecified atom stereocenters. The third-order valence-corrected chi connectivity index (χ3v) is 1.59. The van der Waals surface area contributed by atoms with Gasteiger partial charge in [0.15, 0.2) is 0 Å². The second kappa shape index (κ2) is 8.28. The summed E-state index contributed by atoms with van der Waals surface area (Å²) in [5, 5.41) is 8.42. The molecular weight excluding hydrogens is 232 g/mol. The van der Waals surface area contributed by atoms with Crippen molar-refractivity contribution in [1.82, 2.24) is 0 Å². The van der Waals surface area contributed by atoms with Gasteiger partial charge in [0.25, 0.3) is 0 Å². The molecule has 0 aliphatic rings. The first kappa shape index (κ1) is 15.1. The van der Waals surface area contributed by atoms with Gasteiger partial charge in [0.1, 0.15) is 6.61 Å². The Balaban J connectivity index is 3.90. The van der Waals surface area contributed by atoms with E-state index in [1.807, 2.05) is 0 Å². The van der Waals surface area contributed by atoms with Crippen molar-refractivity contribution in [1.29, 1.82) is 0 Å². The lowest BCUT2D eigenvalue weighted by Gasteiger charge is -2.09. The maximum absolute atomic E-state index is 11.2. The highest BCUT2D eigenvalue weighted by Crippen LogP contribution is 2.06. The predicted molar refractivity (Wildman–Crippen MR) is 54.2 cm³/mol. The quantitative estimate of drug-likeness (QED) is 0.298. The maximum atomic E-state index is 11.2. The van der Waals surface area contributed by atoms with Crippen LogP contribution in [0.5, 0.6) is 0 Å². The molecule has 17 heavy (non-hydrogen) atoms. The van der Waals surface area contributed by atoms with Gasteiger partial charge in [-0.2, -0.15) is 0 Å². The van der Waals surface area contributed by atoms with Gasteiger partial charge in [0.05, 0.1) is 18.9 Å². The molecule has 0 heterocycles. The summed E-state index contributed by atoms with van der Waals surface area (Å²) in [5.41, 5.74) is 0. The van der Waals surface area contributed by atoms with Crippen LogP contribution in [-0.2, 0) is 28.9 Å². The van der Waals surface area contributed by atoms with Gasteiger partial charge in [0, 0.05) is 6.08 Å². The van der Waals surface area contributed by atoms with Crippen molar-refractivity contribution in [3.63, 3.8) is 0 Å². The van der Waals surface area contributed by atoms with Gasteiger partial charge in [-0.15, -0.1) is 0 Å². The molecule has 0 aliphatic carbocycles. The zero-order chi connectivity index (χ0) is 13.3. The molecule has 7 nitrogen and oxygen atoms in total. The van der Waals surface area contributed by atoms with Gasteiger partial charge in [0.2, 0.25) is 0 Å². The van der Waals surface area contributed by atoms with E-state index in [4.69, 9.17) is 5.11 Å². The van der Waals surface area contributed by atoms with Gasteiger partial charge < -0.3 is 9.84 Å². The Morgan fingerprint density at radius 3 is 2.53 bits per heavy atom. The van der Waals surface area contributed by atoms with Gasteiger partial charge in [-0.05, 0) is 0 Å². The van der Waals surface area contributed by atoms with Crippen molar-refractivity contribution >= 4 is 17.9 Å². The number of ether oxygens (including phenoxy) is 1. The fourth-order valence-electron chi connectivity index (χ4n) is 0.777. The molecular formula is C10H14O7. The van der Waals surface area contributed by atoms with E-state index in [0.29, 0.717) is 0 Å². The van der Waals surface area contributed by atoms with Gasteiger partial charge in [-0.3, -0.25) is 4.79 Å². The van der Waals surface area contributed by atoms with Crippen molar-refractivity contribution in [3.05, 3.63) is 12.7 Å². The number of carbonyl (C=O) groups is 3. The fourth-order valence-corrected chi connectivity index (χ4v) is 0.777. The number of hydrogen-bond donors (Lipinski definition) is 1. The van der Waals surface area contributed by atoms with Gasteiger partial charge >= 0.3 is 17.9 Å². The summed E-state index contributed by atoms with van der Waals surface area (Å²) < 4.78 is 4.58. The van der Waals surface area contributed by atoms with Crippen LogP contribution in [-0.4, -0.2) is 36.2 Å². The molecule has 7 heteroatoms. The number of rotatable bonds is 6. The minimum Gasteiger partial charge on any atom is -0.463 e. The van der Waals surface area contributed by atoms with Gasteiger partial charge in [-0.1, -0.05) is 13.5 Å². The Morgan fingerprint density at radius 2 is 2.00 bits per heavy atom. The first-order valence-electron chi connectivity index (χ1n) is 4.82. The van der Waals surface area contributed by atoms with Crippen LogP contribution in [0, 0.1) is 5.92 Å². The zero-order valence-electron chi connectivity index (χ0n) is 9.38. The van der Waals surface area contributed by atoms with Crippen LogP contribution in [0.4, 0.5) is 0 Å². The molecule has 96 valence electrons. The summed E-state index contributed by atoms with van der Waals surface area (Å²) in [6.07, 6.45) is 0.529. The third-order valence-electron chi connectivity index (χ3n) is 1.59. The van der Waals surface area contributed by atoms with Crippen LogP contribution in [0.3, 0.4) is 0 Å². The predicted octanol–water partition coefficient (Wildman–Crippen LogP) is -0.265. The minimum absolute atomic E-state index is 0.135. The molecule has 0 bridgehead atoms. The van der Waals surface area contributed by atoms with Crippen LogP contribution < -0.4 is 0 Å². The molecule has 0 fully saturated rings. The number of aliphatic hydroxyl groups excluding tert-OH is 1. The van der Waals surface area contributed by atoms with Crippen LogP contribution in [0.15, 0.2) is 12.7 Å². The lowest BCUT2D eigenvalue weighted by atomic mass is 10.1. The standard InChI is InChI=1S/C10H14O7/c1-3-8(12)16-17-9(13)6-7(2)10(14)15-5-4-11/h3,7,11H,1,4-6H2,2H3. The zero-order valence-corrected chi connectivity index (χ0v) is 9.38. The van der Waals surface area contributed by atoms with Crippen LogP contribution >= 0.6 is 0 Å². The lowest BCUT2D eigenvalue weighted by molar-refractivity contribution is -0.255. The summed E-state index contributed by atoms with van der Waals surface area (Å²) >= 11 is 0. The lowest BCUT2D eigenvalue weighted by Crippen LogP contribution is -2.21. The Morgan fingerprint density at radius 1 is 1.35 bits per heavy atom. The molecule has 0 aromatic rings. The summed E-state index contributed by atoms with van der Waals surface area (Å²) in [7, 11) is 0. The molecule has 0 aromatic heterocycles. The average molecular weight is 246 g/mol. The topological polar surface area (TPSA) is 99.1 Å². The minimum atomic E-state index is -0.908. The maximum Gasteiger partial charge on any atom is 0.378 e. The van der Waals surface area contributed by atoms with E-state index in [9.17, 15) is 14.4 Å². The van der Waals surface area contributed by atoms with Crippen LogP contribution in [0.25, 0.3) is 0 Å². The molecule has 0 spiro atoms. The Hall–Kier alpha value is -1.89. The number of hydrogen-bond acceptors (Lipinski definition) is 7. The molecule has 0 amide bonds. The molecule has 1 N–H and O–H groups in total. The van der Waals surface area contributed by atoms with Crippen molar-refractivity contribution in [2.24, 2.45) is 5.92 Å². The van der Waals surface area contributed by atoms with E-state index in [2.05, 4.69) is 21.1 Å². The Bertz CT molecular complexity index is 297. The van der Waals surface area contributed by atoms with E-state index in [1.165, 1.54) is 6.92 Å². The molecule has 0 saturated heterocycles. The van der Waals surface area contributed by atoms with E-state index in [-0.39, 0.29) is 19.6 Å². The summed E-state index contributed by atoms with van der Waals surface area (Å²) in [6, 6.07) is 0. The van der Waals surface area contributed by atoms with Crippen molar-refractivity contribution in [3.8, 4) is 0 Å². The van der Waals surface area contributed by atoms with Crippen molar-refractivity contribution in [2.75, 3.05) is 13.2 Å². The van der Waals surface area contributed by atoms with E-state index < -0.39 is 23.8 Å². The average Bonchev–Trinajstić information content (AvgIpc) is 2.32. The summed E-state index contributed by atoms with van der Waals surface area (Å²) in [5.74, 6) is -3.19. The Kier molecular flexibility index (Phi) is 7.36. The molecule has 0 saturated carbocycles. The Labute approximate surface area is 97.9 Å². The normalized spacial score (nSPS) is 11.2. The summed E-state index contributed by atoms with van der Waals surface area (Å²) in [6.45, 7) is 4.11. The van der Waals surface area contributed by atoms with Gasteiger partial charge in [-0.25, -0.2) is 19.4 Å². The SMILES string of the molecule is C=CC(=O)OOC(=O)CC(C)C(=O)OCCO. The van der Waals surface area contributed by atoms with E-state index in [0.717, 1.165) is 6.08 Å². The first-order valence-corrected chi connectivity index (χ1v) is 4.82. The van der Waals surface area contributed by atoms with Crippen molar-refractivity contribution in [2.45, 2.75) is 13.3 Å². The monoisotopic (exact) mass is 246 g/mol. The highest BCUT2D eigenvalue weighted by Gasteiger charge is 2.20. The van der Waals surface area contributed by atoms with E-state index in [1.54, 1.807) is 0 Å². The summed E-state index contributed by atoms with van der Waals surface area (Å²) in [4.78, 5) is 40.9.